The molecule has 1 aliphatic heterocycles. The molecule has 0 aromatic carbocycles. The predicted octanol–water partition coefficient (Wildman–Crippen LogP) is 2.39. The number of nitrogen functional groups attached to an aromatic ring is 1. The molecule has 29 heavy (non-hydrogen) atoms. The highest BCUT2D eigenvalue weighted by Gasteiger charge is 2.25. The number of aromatic nitrogens is 2. The van der Waals surface area contributed by atoms with Gasteiger partial charge in [0.15, 0.2) is 0 Å². The van der Waals surface area contributed by atoms with Crippen LogP contribution in [0.5, 0.6) is 0 Å². The first-order chi connectivity index (χ1) is 14.0. The maximum Gasteiger partial charge on any atom is 0.255 e. The van der Waals surface area contributed by atoms with E-state index in [9.17, 15) is 9.59 Å². The minimum Gasteiger partial charge on any atom is -0.384 e. The number of likely N-dealkylation sites (tertiary alicyclic amines) is 1. The fourth-order valence-electron chi connectivity index (χ4n) is 3.67. The number of anilines is 1. The summed E-state index contributed by atoms with van der Waals surface area (Å²) < 4.78 is 0. The molecule has 0 bridgehead atoms. The van der Waals surface area contributed by atoms with Gasteiger partial charge in [0.25, 0.3) is 5.91 Å². The van der Waals surface area contributed by atoms with Gasteiger partial charge in [0.1, 0.15) is 5.82 Å². The van der Waals surface area contributed by atoms with Gasteiger partial charge in [-0.25, -0.2) is 4.98 Å². The standard InChI is InChI=1S/C22H29N5O2/c1-26(14-11-19-6-2-3-12-24-19)21(28)10-7-17-5-4-13-27(16-17)22(29)18-8-9-20(23)25-15-18/h2-3,6,8-9,12,15,17H,4-5,7,10-11,13-14,16H2,1H3,(H2,23,25)/t17-/m1/s1. The molecule has 2 amide bonds. The van der Waals surface area contributed by atoms with Gasteiger partial charge in [-0.2, -0.15) is 0 Å². The molecule has 0 saturated carbocycles. The van der Waals surface area contributed by atoms with Gasteiger partial charge >= 0.3 is 0 Å². The van der Waals surface area contributed by atoms with Gasteiger partial charge in [-0.3, -0.25) is 14.6 Å². The monoisotopic (exact) mass is 395 g/mol. The highest BCUT2D eigenvalue weighted by Crippen LogP contribution is 2.23. The Balaban J connectivity index is 1.44. The Kier molecular flexibility index (Phi) is 7.16. The summed E-state index contributed by atoms with van der Waals surface area (Å²) in [6.07, 6.45) is 7.38. The molecule has 0 radical (unpaired) electrons. The molecule has 2 N–H and O–H groups in total. The van der Waals surface area contributed by atoms with Crippen LogP contribution in [0.15, 0.2) is 42.7 Å². The van der Waals surface area contributed by atoms with Crippen LogP contribution in [0.3, 0.4) is 0 Å². The molecule has 7 heteroatoms. The lowest BCUT2D eigenvalue weighted by Crippen LogP contribution is -2.40. The van der Waals surface area contributed by atoms with E-state index in [0.717, 1.165) is 37.9 Å². The summed E-state index contributed by atoms with van der Waals surface area (Å²) in [5.41, 5.74) is 7.15. The number of hydrogen-bond donors (Lipinski definition) is 1. The summed E-state index contributed by atoms with van der Waals surface area (Å²) in [5.74, 6) is 0.888. The van der Waals surface area contributed by atoms with Crippen molar-refractivity contribution in [3.05, 3.63) is 54.0 Å². The van der Waals surface area contributed by atoms with Crippen molar-refractivity contribution >= 4 is 17.6 Å². The summed E-state index contributed by atoms with van der Waals surface area (Å²) >= 11 is 0. The highest BCUT2D eigenvalue weighted by molar-refractivity contribution is 5.94. The minimum absolute atomic E-state index is 0.0130. The van der Waals surface area contributed by atoms with Crippen molar-refractivity contribution in [2.75, 3.05) is 32.4 Å². The van der Waals surface area contributed by atoms with Crippen LogP contribution in [0.25, 0.3) is 0 Å². The van der Waals surface area contributed by atoms with Crippen LogP contribution in [0.1, 0.15) is 41.7 Å². The molecule has 0 spiro atoms. The van der Waals surface area contributed by atoms with E-state index >= 15 is 0 Å². The Labute approximate surface area is 171 Å². The van der Waals surface area contributed by atoms with E-state index < -0.39 is 0 Å². The number of carbonyl (C=O) groups is 2. The predicted molar refractivity (Wildman–Crippen MR) is 112 cm³/mol. The fraction of sp³-hybridized carbons (Fsp3) is 0.455. The van der Waals surface area contributed by atoms with Crippen molar-refractivity contribution in [2.45, 2.75) is 32.1 Å². The lowest BCUT2D eigenvalue weighted by molar-refractivity contribution is -0.130. The smallest absolute Gasteiger partial charge is 0.255 e. The molecule has 3 heterocycles. The van der Waals surface area contributed by atoms with Crippen molar-refractivity contribution in [3.63, 3.8) is 0 Å². The maximum absolute atomic E-state index is 12.7. The zero-order chi connectivity index (χ0) is 20.6. The Morgan fingerprint density at radius 1 is 1.24 bits per heavy atom. The third-order valence-corrected chi connectivity index (χ3v) is 5.46. The lowest BCUT2D eigenvalue weighted by Gasteiger charge is -2.33. The number of pyridine rings is 2. The minimum atomic E-state index is -0.0130. The molecule has 0 aliphatic carbocycles. The van der Waals surface area contributed by atoms with Crippen molar-refractivity contribution < 1.29 is 9.59 Å². The van der Waals surface area contributed by atoms with E-state index in [4.69, 9.17) is 5.73 Å². The van der Waals surface area contributed by atoms with E-state index in [-0.39, 0.29) is 11.8 Å². The Morgan fingerprint density at radius 3 is 2.83 bits per heavy atom. The van der Waals surface area contributed by atoms with Gasteiger partial charge < -0.3 is 15.5 Å². The number of amides is 2. The maximum atomic E-state index is 12.7. The molecule has 2 aromatic heterocycles. The number of piperidine rings is 1. The van der Waals surface area contributed by atoms with Gasteiger partial charge in [-0.1, -0.05) is 6.07 Å². The van der Waals surface area contributed by atoms with Gasteiger partial charge in [0, 0.05) is 57.6 Å². The number of likely N-dealkylation sites (N-methyl/N-ethyl adjacent to an activating group) is 1. The van der Waals surface area contributed by atoms with Crippen molar-refractivity contribution in [3.8, 4) is 0 Å². The van der Waals surface area contributed by atoms with Gasteiger partial charge in [-0.15, -0.1) is 0 Å². The third-order valence-electron chi connectivity index (χ3n) is 5.46. The van der Waals surface area contributed by atoms with Crippen LogP contribution >= 0.6 is 0 Å². The summed E-state index contributed by atoms with van der Waals surface area (Å²) in [6.45, 7) is 2.10. The first-order valence-electron chi connectivity index (χ1n) is 10.2. The highest BCUT2D eigenvalue weighted by atomic mass is 16.2. The Hall–Kier alpha value is -2.96. The molecule has 0 unspecified atom stereocenters. The van der Waals surface area contributed by atoms with Crippen LogP contribution in [-0.2, 0) is 11.2 Å². The number of carbonyl (C=O) groups excluding carboxylic acids is 2. The summed E-state index contributed by atoms with van der Waals surface area (Å²) in [5, 5.41) is 0. The molecule has 7 nitrogen and oxygen atoms in total. The van der Waals surface area contributed by atoms with Crippen LogP contribution in [-0.4, -0.2) is 58.3 Å². The van der Waals surface area contributed by atoms with E-state index in [0.29, 0.717) is 36.8 Å². The first kappa shape index (κ1) is 20.8. The quantitative estimate of drug-likeness (QED) is 0.777. The van der Waals surface area contributed by atoms with Crippen molar-refractivity contribution in [1.29, 1.82) is 0 Å². The number of nitrogens with zero attached hydrogens (tertiary/aromatic N) is 4. The molecule has 2 aromatic rings. The summed E-state index contributed by atoms with van der Waals surface area (Å²) in [4.78, 5) is 37.1. The van der Waals surface area contributed by atoms with E-state index in [1.165, 1.54) is 6.20 Å². The Bertz CT molecular complexity index is 810. The van der Waals surface area contributed by atoms with Crippen molar-refractivity contribution in [2.24, 2.45) is 5.92 Å². The zero-order valence-corrected chi connectivity index (χ0v) is 17.0. The number of rotatable bonds is 7. The molecule has 1 saturated heterocycles. The van der Waals surface area contributed by atoms with E-state index in [2.05, 4.69) is 9.97 Å². The summed E-state index contributed by atoms with van der Waals surface area (Å²) in [6, 6.07) is 9.19. The average Bonchev–Trinajstić information content (AvgIpc) is 2.76. The molecule has 154 valence electrons. The number of nitrogens with two attached hydrogens (primary N) is 1. The molecule has 1 aliphatic rings. The molecule has 3 rings (SSSR count). The van der Waals surface area contributed by atoms with Gasteiger partial charge in [0.05, 0.1) is 5.56 Å². The van der Waals surface area contributed by atoms with Crippen LogP contribution in [0.4, 0.5) is 5.82 Å². The molecular weight excluding hydrogens is 366 g/mol. The van der Waals surface area contributed by atoms with Crippen LogP contribution in [0, 0.1) is 5.92 Å². The normalized spacial score (nSPS) is 16.4. The number of hydrogen-bond acceptors (Lipinski definition) is 5. The molecule has 1 atom stereocenters. The SMILES string of the molecule is CN(CCc1ccccn1)C(=O)CC[C@H]1CCCN(C(=O)c2ccc(N)nc2)C1. The summed E-state index contributed by atoms with van der Waals surface area (Å²) in [7, 11) is 1.84. The van der Waals surface area contributed by atoms with Gasteiger partial charge in [-0.05, 0) is 49.4 Å². The van der Waals surface area contributed by atoms with Crippen molar-refractivity contribution in [1.82, 2.24) is 19.8 Å². The average molecular weight is 396 g/mol. The Morgan fingerprint density at radius 2 is 2.10 bits per heavy atom. The first-order valence-corrected chi connectivity index (χ1v) is 10.2. The van der Waals surface area contributed by atoms with E-state index in [1.807, 2.05) is 30.1 Å². The second kappa shape index (κ2) is 10.0. The topological polar surface area (TPSA) is 92.4 Å². The van der Waals surface area contributed by atoms with Gasteiger partial charge in [0.2, 0.25) is 5.91 Å². The van der Waals surface area contributed by atoms with E-state index in [1.54, 1.807) is 23.2 Å². The molecular formula is C22H29N5O2. The largest absolute Gasteiger partial charge is 0.384 e. The van der Waals surface area contributed by atoms with Crippen LogP contribution < -0.4 is 5.73 Å². The van der Waals surface area contributed by atoms with Crippen LogP contribution in [0.2, 0.25) is 0 Å². The fourth-order valence-corrected chi connectivity index (χ4v) is 3.67. The second-order valence-electron chi connectivity index (χ2n) is 7.66. The zero-order valence-electron chi connectivity index (χ0n) is 17.0. The second-order valence-corrected chi connectivity index (χ2v) is 7.66. The molecule has 1 fully saturated rings. The third kappa shape index (κ3) is 6.01. The lowest BCUT2D eigenvalue weighted by atomic mass is 9.92.